The number of rotatable bonds is 4. The van der Waals surface area contributed by atoms with E-state index in [1.165, 1.54) is 6.42 Å². The highest BCUT2D eigenvalue weighted by molar-refractivity contribution is 4.95. The van der Waals surface area contributed by atoms with Crippen LogP contribution in [0.3, 0.4) is 0 Å². The Bertz CT molecular complexity index is 154. The predicted molar refractivity (Wildman–Crippen MR) is 55.0 cm³/mol. The van der Waals surface area contributed by atoms with E-state index in [-0.39, 0.29) is 0 Å². The molecule has 0 aromatic rings. The van der Waals surface area contributed by atoms with Crippen molar-refractivity contribution in [2.24, 2.45) is 5.41 Å². The van der Waals surface area contributed by atoms with E-state index < -0.39 is 0 Å². The van der Waals surface area contributed by atoms with Gasteiger partial charge in [-0.05, 0) is 25.3 Å². The van der Waals surface area contributed by atoms with Crippen LogP contribution in [0, 0.1) is 17.3 Å². The van der Waals surface area contributed by atoms with Crippen molar-refractivity contribution < 1.29 is 0 Å². The molecule has 0 aliphatic rings. The maximum absolute atomic E-state index is 3.37. The Morgan fingerprint density at radius 1 is 1.17 bits per heavy atom. The first kappa shape index (κ1) is 11.5. The van der Waals surface area contributed by atoms with Gasteiger partial charge in [0.1, 0.15) is 0 Å². The summed E-state index contributed by atoms with van der Waals surface area (Å²) in [6.45, 7) is 10.8. The molecule has 1 heteroatoms. The molecule has 0 radical (unpaired) electrons. The van der Waals surface area contributed by atoms with Crippen molar-refractivity contribution in [3.8, 4) is 11.8 Å². The highest BCUT2D eigenvalue weighted by atomic mass is 14.8. The van der Waals surface area contributed by atoms with Gasteiger partial charge in [-0.2, -0.15) is 0 Å². The number of hydrogen-bond donors (Lipinski definition) is 1. The van der Waals surface area contributed by atoms with E-state index in [9.17, 15) is 0 Å². The minimum absolute atomic E-state index is 0.448. The highest BCUT2D eigenvalue weighted by Gasteiger charge is 2.07. The molecule has 0 aliphatic heterocycles. The van der Waals surface area contributed by atoms with E-state index >= 15 is 0 Å². The van der Waals surface area contributed by atoms with Crippen LogP contribution in [0.4, 0.5) is 0 Å². The summed E-state index contributed by atoms with van der Waals surface area (Å²) in [4.78, 5) is 0. The van der Waals surface area contributed by atoms with E-state index in [0.29, 0.717) is 5.41 Å². The fourth-order valence-corrected chi connectivity index (χ4v) is 0.864. The van der Waals surface area contributed by atoms with E-state index in [4.69, 9.17) is 0 Å². The quantitative estimate of drug-likeness (QED) is 0.501. The van der Waals surface area contributed by atoms with E-state index in [2.05, 4.69) is 37.9 Å². The molecule has 12 heavy (non-hydrogen) atoms. The lowest BCUT2D eigenvalue weighted by Crippen LogP contribution is -2.21. The van der Waals surface area contributed by atoms with Gasteiger partial charge < -0.3 is 5.32 Å². The van der Waals surface area contributed by atoms with Crippen molar-refractivity contribution in [3.63, 3.8) is 0 Å². The molecule has 1 nitrogen and oxygen atoms in total. The molecule has 0 aromatic heterocycles. The molecule has 0 atom stereocenters. The van der Waals surface area contributed by atoms with Crippen molar-refractivity contribution in [1.29, 1.82) is 0 Å². The molecule has 1 N–H and O–H groups in total. The lowest BCUT2D eigenvalue weighted by Gasteiger charge is -2.17. The van der Waals surface area contributed by atoms with Crippen LogP contribution in [0.1, 0.15) is 40.5 Å². The molecule has 0 saturated carbocycles. The zero-order chi connectivity index (χ0) is 9.45. The summed E-state index contributed by atoms with van der Waals surface area (Å²) < 4.78 is 0. The SMILES string of the molecule is CC#CCCNCCC(C)(C)C. The largest absolute Gasteiger partial charge is 0.316 e. The van der Waals surface area contributed by atoms with Crippen LogP contribution in [0.15, 0.2) is 0 Å². The van der Waals surface area contributed by atoms with Gasteiger partial charge in [0, 0.05) is 13.0 Å². The zero-order valence-corrected chi connectivity index (χ0v) is 8.83. The Morgan fingerprint density at radius 3 is 2.33 bits per heavy atom. The Labute approximate surface area is 76.9 Å². The first-order valence-corrected chi connectivity index (χ1v) is 4.66. The second kappa shape index (κ2) is 6.08. The van der Waals surface area contributed by atoms with Gasteiger partial charge in [-0.3, -0.25) is 0 Å². The molecule has 0 saturated heterocycles. The molecule has 0 rings (SSSR count). The van der Waals surface area contributed by atoms with Gasteiger partial charge in [-0.1, -0.05) is 20.8 Å². The van der Waals surface area contributed by atoms with Gasteiger partial charge in [0.2, 0.25) is 0 Å². The summed E-state index contributed by atoms with van der Waals surface area (Å²) in [6, 6.07) is 0. The van der Waals surface area contributed by atoms with Crippen LogP contribution in [-0.4, -0.2) is 13.1 Å². The molecule has 0 unspecified atom stereocenters. The van der Waals surface area contributed by atoms with Gasteiger partial charge >= 0.3 is 0 Å². The standard InChI is InChI=1S/C11H21N/c1-5-6-7-9-12-10-8-11(2,3)4/h12H,7-10H2,1-4H3. The maximum atomic E-state index is 3.37. The van der Waals surface area contributed by atoms with Gasteiger partial charge in [0.25, 0.3) is 0 Å². The Kier molecular flexibility index (Phi) is 5.84. The van der Waals surface area contributed by atoms with E-state index in [0.717, 1.165) is 19.5 Å². The third kappa shape index (κ3) is 9.52. The first-order chi connectivity index (χ1) is 5.56. The average molecular weight is 167 g/mol. The molecule has 0 aromatic carbocycles. The zero-order valence-electron chi connectivity index (χ0n) is 8.83. The molecule has 70 valence electrons. The Hall–Kier alpha value is -0.480. The van der Waals surface area contributed by atoms with Crippen molar-refractivity contribution in [2.75, 3.05) is 13.1 Å². The third-order valence-corrected chi connectivity index (χ3v) is 1.66. The van der Waals surface area contributed by atoms with Crippen LogP contribution in [0.25, 0.3) is 0 Å². The van der Waals surface area contributed by atoms with Crippen LogP contribution in [0.5, 0.6) is 0 Å². The summed E-state index contributed by atoms with van der Waals surface area (Å²) in [5.41, 5.74) is 0.448. The molecular formula is C11H21N. The number of nitrogens with one attached hydrogen (secondary N) is 1. The average Bonchev–Trinajstić information content (AvgIpc) is 1.94. The lowest BCUT2D eigenvalue weighted by molar-refractivity contribution is 0.368. The van der Waals surface area contributed by atoms with Crippen molar-refractivity contribution in [3.05, 3.63) is 0 Å². The van der Waals surface area contributed by atoms with Crippen LogP contribution >= 0.6 is 0 Å². The fraction of sp³-hybridized carbons (Fsp3) is 0.818. The van der Waals surface area contributed by atoms with Gasteiger partial charge in [-0.15, -0.1) is 11.8 Å². The predicted octanol–water partition coefficient (Wildman–Crippen LogP) is 2.43. The van der Waals surface area contributed by atoms with Gasteiger partial charge in [-0.25, -0.2) is 0 Å². The second-order valence-electron chi connectivity index (χ2n) is 4.24. The molecule has 0 amide bonds. The minimum Gasteiger partial charge on any atom is -0.316 e. The summed E-state index contributed by atoms with van der Waals surface area (Å²) in [7, 11) is 0. The first-order valence-electron chi connectivity index (χ1n) is 4.66. The molecular weight excluding hydrogens is 146 g/mol. The maximum Gasteiger partial charge on any atom is 0.0214 e. The summed E-state index contributed by atoms with van der Waals surface area (Å²) >= 11 is 0. The summed E-state index contributed by atoms with van der Waals surface area (Å²) in [5, 5.41) is 3.37. The van der Waals surface area contributed by atoms with E-state index in [1.807, 2.05) is 6.92 Å². The molecule has 0 aliphatic carbocycles. The minimum atomic E-state index is 0.448. The second-order valence-corrected chi connectivity index (χ2v) is 4.24. The lowest BCUT2D eigenvalue weighted by atomic mass is 9.92. The normalized spacial score (nSPS) is 10.7. The Morgan fingerprint density at radius 2 is 1.83 bits per heavy atom. The molecule has 0 spiro atoms. The molecule has 0 bridgehead atoms. The van der Waals surface area contributed by atoms with Crippen molar-refractivity contribution >= 4 is 0 Å². The highest BCUT2D eigenvalue weighted by Crippen LogP contribution is 2.16. The van der Waals surface area contributed by atoms with Crippen LogP contribution < -0.4 is 5.32 Å². The third-order valence-electron chi connectivity index (χ3n) is 1.66. The monoisotopic (exact) mass is 167 g/mol. The van der Waals surface area contributed by atoms with Crippen molar-refractivity contribution in [2.45, 2.75) is 40.5 Å². The molecule has 0 heterocycles. The van der Waals surface area contributed by atoms with Crippen LogP contribution in [0.2, 0.25) is 0 Å². The summed E-state index contributed by atoms with van der Waals surface area (Å²) in [5.74, 6) is 5.92. The molecule has 0 fully saturated rings. The van der Waals surface area contributed by atoms with E-state index in [1.54, 1.807) is 0 Å². The van der Waals surface area contributed by atoms with Gasteiger partial charge in [0.15, 0.2) is 0 Å². The van der Waals surface area contributed by atoms with Crippen LogP contribution in [-0.2, 0) is 0 Å². The topological polar surface area (TPSA) is 12.0 Å². The number of hydrogen-bond acceptors (Lipinski definition) is 1. The smallest absolute Gasteiger partial charge is 0.0214 e. The Balaban J connectivity index is 3.15. The van der Waals surface area contributed by atoms with Crippen molar-refractivity contribution in [1.82, 2.24) is 5.32 Å². The fourth-order valence-electron chi connectivity index (χ4n) is 0.864. The van der Waals surface area contributed by atoms with Gasteiger partial charge in [0.05, 0.1) is 0 Å². The summed E-state index contributed by atoms with van der Waals surface area (Å²) in [6.07, 6.45) is 2.20.